The first-order valence-corrected chi connectivity index (χ1v) is 16.9. The molecule has 240 valence electrons. The Morgan fingerprint density at radius 2 is 2.02 bits per heavy atom. The number of ether oxygens (including phenoxy) is 1. The molecule has 2 aliphatic heterocycles. The van der Waals surface area contributed by atoms with Crippen LogP contribution < -0.4 is 16.4 Å². The van der Waals surface area contributed by atoms with E-state index in [1.807, 2.05) is 26.0 Å². The second-order valence-corrected chi connectivity index (χ2v) is 14.5. The zero-order valence-electron chi connectivity index (χ0n) is 25.7. The highest BCUT2D eigenvalue weighted by Gasteiger charge is 2.39. The minimum Gasteiger partial charge on any atom is -0.376 e. The lowest BCUT2D eigenvalue weighted by Gasteiger charge is -2.41. The van der Waals surface area contributed by atoms with E-state index in [0.29, 0.717) is 48.9 Å². The summed E-state index contributed by atoms with van der Waals surface area (Å²) in [4.78, 5) is 13.9. The number of hydrogen-bond donors (Lipinski definition) is 3. The van der Waals surface area contributed by atoms with E-state index < -0.39 is 33.8 Å². The summed E-state index contributed by atoms with van der Waals surface area (Å²) in [5, 5.41) is 6.74. The van der Waals surface area contributed by atoms with Gasteiger partial charge < -0.3 is 21.1 Å². The van der Waals surface area contributed by atoms with Gasteiger partial charge in [-0.25, -0.2) is 12.8 Å². The fourth-order valence-electron chi connectivity index (χ4n) is 6.48. The molecular weight excluding hydrogens is 603 g/mol. The summed E-state index contributed by atoms with van der Waals surface area (Å²) in [5.74, 6) is -1.13. The van der Waals surface area contributed by atoms with Crippen LogP contribution in [-0.4, -0.2) is 62.6 Å². The number of allylic oxidation sites excluding steroid dienone is 2. The molecule has 44 heavy (non-hydrogen) atoms. The summed E-state index contributed by atoms with van der Waals surface area (Å²) >= 11 is 6.17. The van der Waals surface area contributed by atoms with Crippen LogP contribution >= 0.6 is 11.6 Å². The third-order valence-corrected chi connectivity index (χ3v) is 11.0. The van der Waals surface area contributed by atoms with Gasteiger partial charge >= 0.3 is 0 Å². The van der Waals surface area contributed by atoms with Gasteiger partial charge in [0.25, 0.3) is 0 Å². The number of carbonyl (C=O) groups excluding carboxylic acids is 1. The van der Waals surface area contributed by atoms with Gasteiger partial charge in [-0.1, -0.05) is 42.5 Å². The summed E-state index contributed by atoms with van der Waals surface area (Å²) in [6.07, 6.45) is 4.89. The van der Waals surface area contributed by atoms with E-state index in [4.69, 9.17) is 22.1 Å². The van der Waals surface area contributed by atoms with E-state index in [9.17, 15) is 13.2 Å². The lowest BCUT2D eigenvalue weighted by Crippen LogP contribution is -2.53. The SMILES string of the molecule is C=CC(=CC)S(=O)(=O)N1CCNCC1CCc1c(F)cccc1NC(=O)C(N)C(c1ccc(Cl)cc1)C1CCOC(C)(C)C1. The van der Waals surface area contributed by atoms with E-state index in [1.54, 1.807) is 31.2 Å². The second kappa shape index (κ2) is 14.7. The number of nitrogens with two attached hydrogens (primary N) is 1. The zero-order valence-corrected chi connectivity index (χ0v) is 27.3. The Bertz CT molecular complexity index is 1460. The highest BCUT2D eigenvalue weighted by molar-refractivity contribution is 7.93. The van der Waals surface area contributed by atoms with Crippen molar-refractivity contribution in [2.75, 3.05) is 31.6 Å². The van der Waals surface area contributed by atoms with Crippen LogP contribution in [-0.2, 0) is 26.0 Å². The molecule has 0 aliphatic carbocycles. The molecule has 0 saturated carbocycles. The molecule has 11 heteroatoms. The van der Waals surface area contributed by atoms with E-state index in [1.165, 1.54) is 22.5 Å². The molecule has 2 heterocycles. The minimum atomic E-state index is -3.75. The van der Waals surface area contributed by atoms with Crippen molar-refractivity contribution in [3.05, 3.63) is 88.1 Å². The maximum Gasteiger partial charge on any atom is 0.243 e. The summed E-state index contributed by atoms with van der Waals surface area (Å²) in [5.41, 5.74) is 7.91. The number of anilines is 1. The molecule has 2 aromatic carbocycles. The van der Waals surface area contributed by atoms with Gasteiger partial charge in [-0.2, -0.15) is 4.31 Å². The Labute approximate surface area is 265 Å². The Hall–Kier alpha value is -2.60. The number of hydrogen-bond acceptors (Lipinski definition) is 6. The monoisotopic (exact) mass is 646 g/mol. The average molecular weight is 647 g/mol. The van der Waals surface area contributed by atoms with Crippen molar-refractivity contribution < 1.29 is 22.3 Å². The molecule has 4 unspecified atom stereocenters. The molecule has 0 bridgehead atoms. The highest BCUT2D eigenvalue weighted by Crippen LogP contribution is 2.40. The van der Waals surface area contributed by atoms with Crippen LogP contribution in [0.4, 0.5) is 10.1 Å². The topological polar surface area (TPSA) is 114 Å². The van der Waals surface area contributed by atoms with Crippen molar-refractivity contribution in [3.63, 3.8) is 0 Å². The van der Waals surface area contributed by atoms with Gasteiger partial charge in [0.2, 0.25) is 15.9 Å². The highest BCUT2D eigenvalue weighted by atomic mass is 35.5. The first kappa shape index (κ1) is 34.3. The number of rotatable bonds is 11. The molecule has 2 fully saturated rings. The fourth-order valence-corrected chi connectivity index (χ4v) is 8.28. The van der Waals surface area contributed by atoms with E-state index in [0.717, 1.165) is 18.4 Å². The Balaban J connectivity index is 1.56. The van der Waals surface area contributed by atoms with Gasteiger partial charge in [-0.15, -0.1) is 0 Å². The molecule has 0 spiro atoms. The standard InChI is InChI=1S/C33H44ClFN4O4S/c1-5-26(6-2)44(41,42)39-18-17-37-21-25(39)14-15-27-28(35)8-7-9-29(27)38-32(40)31(36)30(22-10-12-24(34)13-11-22)23-16-19-43-33(3,4)20-23/h5-13,23,25,30-31,37H,1,14-21,36H2,2-4H3,(H,38,40). The summed E-state index contributed by atoms with van der Waals surface area (Å²) in [6.45, 7) is 11.2. The van der Waals surface area contributed by atoms with Crippen molar-refractivity contribution in [1.82, 2.24) is 9.62 Å². The molecule has 0 aromatic heterocycles. The van der Waals surface area contributed by atoms with E-state index in [-0.39, 0.29) is 28.8 Å². The summed E-state index contributed by atoms with van der Waals surface area (Å²) in [6, 6.07) is 10.6. The van der Waals surface area contributed by atoms with Crippen LogP contribution in [0.2, 0.25) is 5.02 Å². The van der Waals surface area contributed by atoms with Crippen LogP contribution in [0.1, 0.15) is 57.1 Å². The normalized spacial score (nSPS) is 22.6. The largest absolute Gasteiger partial charge is 0.376 e. The predicted molar refractivity (Wildman–Crippen MR) is 175 cm³/mol. The number of halogens is 2. The molecule has 4 atom stereocenters. The van der Waals surface area contributed by atoms with Gasteiger partial charge in [0, 0.05) is 54.5 Å². The van der Waals surface area contributed by atoms with Crippen molar-refractivity contribution in [2.45, 2.75) is 70.1 Å². The maximum atomic E-state index is 15.3. The zero-order chi connectivity index (χ0) is 32.1. The van der Waals surface area contributed by atoms with Gasteiger partial charge in [0.05, 0.1) is 16.5 Å². The number of benzene rings is 2. The second-order valence-electron chi connectivity index (χ2n) is 12.1. The molecule has 2 aliphatic rings. The van der Waals surface area contributed by atoms with Gasteiger partial charge in [0.1, 0.15) is 5.82 Å². The molecule has 2 aromatic rings. The summed E-state index contributed by atoms with van der Waals surface area (Å²) in [7, 11) is -3.75. The number of sulfonamides is 1. The molecular formula is C33H44ClFN4O4S. The van der Waals surface area contributed by atoms with E-state index >= 15 is 4.39 Å². The Morgan fingerprint density at radius 3 is 2.68 bits per heavy atom. The van der Waals surface area contributed by atoms with Crippen LogP contribution in [0.15, 0.2) is 66.1 Å². The minimum absolute atomic E-state index is 0.0806. The number of nitrogens with one attached hydrogen (secondary N) is 2. The third-order valence-electron chi connectivity index (χ3n) is 8.68. The predicted octanol–water partition coefficient (Wildman–Crippen LogP) is 5.36. The molecule has 0 radical (unpaired) electrons. The average Bonchev–Trinajstić information content (AvgIpc) is 2.98. The van der Waals surface area contributed by atoms with E-state index in [2.05, 4.69) is 17.2 Å². The fraction of sp³-hybridized carbons (Fsp3) is 0.485. The van der Waals surface area contributed by atoms with Crippen molar-refractivity contribution >= 4 is 33.2 Å². The van der Waals surface area contributed by atoms with Crippen molar-refractivity contribution in [2.24, 2.45) is 11.7 Å². The third kappa shape index (κ3) is 7.97. The van der Waals surface area contributed by atoms with Crippen LogP contribution in [0, 0.1) is 11.7 Å². The maximum absolute atomic E-state index is 15.3. The number of amides is 1. The van der Waals surface area contributed by atoms with Crippen molar-refractivity contribution in [3.8, 4) is 0 Å². The Morgan fingerprint density at radius 1 is 1.30 bits per heavy atom. The van der Waals surface area contributed by atoms with Gasteiger partial charge in [-0.05, 0) is 88.3 Å². The molecule has 4 rings (SSSR count). The van der Waals surface area contributed by atoms with Crippen LogP contribution in [0.3, 0.4) is 0 Å². The van der Waals surface area contributed by atoms with Gasteiger partial charge in [0.15, 0.2) is 0 Å². The molecule has 2 saturated heterocycles. The molecule has 8 nitrogen and oxygen atoms in total. The van der Waals surface area contributed by atoms with Crippen LogP contribution in [0.25, 0.3) is 0 Å². The summed E-state index contributed by atoms with van der Waals surface area (Å²) < 4.78 is 49.3. The first-order chi connectivity index (χ1) is 20.9. The molecule has 4 N–H and O–H groups in total. The van der Waals surface area contributed by atoms with Gasteiger partial charge in [-0.3, -0.25) is 4.79 Å². The smallest absolute Gasteiger partial charge is 0.243 e. The lowest BCUT2D eigenvalue weighted by molar-refractivity contribution is -0.119. The number of carbonyl (C=O) groups is 1. The van der Waals surface area contributed by atoms with Crippen molar-refractivity contribution in [1.29, 1.82) is 0 Å². The quantitative estimate of drug-likeness (QED) is 0.283. The molecule has 1 amide bonds. The first-order valence-electron chi connectivity index (χ1n) is 15.1. The van der Waals surface area contributed by atoms with Crippen LogP contribution in [0.5, 0.6) is 0 Å². The Kier molecular flexibility index (Phi) is 11.4. The number of nitrogens with zero attached hydrogens (tertiary/aromatic N) is 1. The number of piperazine rings is 1. The lowest BCUT2D eigenvalue weighted by atomic mass is 9.73.